The molecule has 1 aromatic carbocycles. The predicted molar refractivity (Wildman–Crippen MR) is 109 cm³/mol. The molecular weight excluding hydrogens is 342 g/mol. The molecule has 1 rings (SSSR count). The topological polar surface area (TPSA) is 198 Å². The fourth-order valence-corrected chi connectivity index (χ4v) is 3.55. The Morgan fingerprint density at radius 1 is 0.741 bits per heavy atom. The van der Waals surface area contributed by atoms with E-state index in [1.807, 2.05) is 0 Å². The van der Waals surface area contributed by atoms with Gasteiger partial charge in [-0.3, -0.25) is 22.2 Å². The predicted octanol–water partition coefficient (Wildman–Crippen LogP) is -4.86. The van der Waals surface area contributed by atoms with E-state index in [1.54, 1.807) is 0 Å². The van der Waals surface area contributed by atoms with Gasteiger partial charge in [-0.2, -0.15) is 0 Å². The molecular formula is C18H36N9+3. The lowest BCUT2D eigenvalue weighted by atomic mass is 9.83. The van der Waals surface area contributed by atoms with E-state index in [1.165, 1.54) is 27.8 Å². The molecule has 0 unspecified atom stereocenters. The van der Waals surface area contributed by atoms with Crippen LogP contribution in [0.1, 0.15) is 54.2 Å². The summed E-state index contributed by atoms with van der Waals surface area (Å²) in [5, 5.41) is 0. The second-order valence-electron chi connectivity index (χ2n) is 6.36. The second kappa shape index (κ2) is 10.4. The zero-order valence-corrected chi connectivity index (χ0v) is 16.8. The lowest BCUT2D eigenvalue weighted by Gasteiger charge is -2.23. The summed E-state index contributed by atoms with van der Waals surface area (Å²) in [5.74, 6) is 0.705. The van der Waals surface area contributed by atoms with Crippen LogP contribution in [-0.2, 0) is 38.9 Å². The standard InChI is InChI=1S/C18H33N9/c1-4-10-13(7-25-16(19)20)11(5-2)15(9-27-18(23)24)12(6-3)14(10)8-26-17(21)22/h4-9H2,1-3H3,(H4,19,20,25)(H4,21,22,26)(H4,23,24,27)/p+3. The van der Waals surface area contributed by atoms with Crippen LogP contribution in [0.3, 0.4) is 0 Å². The molecule has 0 aliphatic rings. The highest BCUT2D eigenvalue weighted by molar-refractivity contribution is 5.75. The van der Waals surface area contributed by atoms with Crippen LogP contribution in [0.25, 0.3) is 0 Å². The van der Waals surface area contributed by atoms with Gasteiger partial charge in [-0.15, -0.1) is 0 Å². The third kappa shape index (κ3) is 5.85. The van der Waals surface area contributed by atoms with E-state index in [4.69, 9.17) is 28.7 Å². The minimum absolute atomic E-state index is 0.0768. The molecule has 0 saturated carbocycles. The number of hydrogen-bond acceptors (Lipinski definition) is 1. The quantitative estimate of drug-likeness (QED) is 0.157. The highest BCUT2D eigenvalue weighted by Gasteiger charge is 2.22. The molecule has 9 nitrogen and oxygen atoms in total. The third-order valence-electron chi connectivity index (χ3n) is 4.63. The number of quaternary nitrogens is 1. The van der Waals surface area contributed by atoms with Crippen molar-refractivity contribution in [3.05, 3.63) is 33.4 Å². The highest BCUT2D eigenvalue weighted by Crippen LogP contribution is 2.30. The van der Waals surface area contributed by atoms with Gasteiger partial charge in [0, 0.05) is 5.56 Å². The molecule has 0 bridgehead atoms. The maximum Gasteiger partial charge on any atom is 0.434 e. The van der Waals surface area contributed by atoms with Crippen LogP contribution in [0.4, 0.5) is 0 Å². The molecule has 0 radical (unpaired) electrons. The highest BCUT2D eigenvalue weighted by atomic mass is 15.0. The first-order chi connectivity index (χ1) is 12.8. The van der Waals surface area contributed by atoms with Gasteiger partial charge in [-0.1, -0.05) is 20.8 Å². The Hall–Kier alpha value is -2.81. The Kier molecular flexibility index (Phi) is 8.53. The van der Waals surface area contributed by atoms with E-state index >= 15 is 0 Å². The van der Waals surface area contributed by atoms with E-state index in [0.717, 1.165) is 24.8 Å². The molecule has 15 N–H and O–H groups in total. The van der Waals surface area contributed by atoms with Crippen molar-refractivity contribution in [2.45, 2.75) is 59.7 Å². The van der Waals surface area contributed by atoms with Gasteiger partial charge in [0.05, 0.1) is 13.1 Å². The van der Waals surface area contributed by atoms with E-state index in [2.05, 4.69) is 41.5 Å². The van der Waals surface area contributed by atoms with Crippen molar-refractivity contribution in [3.8, 4) is 0 Å². The first-order valence-corrected chi connectivity index (χ1v) is 9.29. The van der Waals surface area contributed by atoms with Crippen molar-refractivity contribution in [1.29, 1.82) is 0 Å². The Labute approximate surface area is 161 Å². The van der Waals surface area contributed by atoms with Crippen LogP contribution in [0.2, 0.25) is 0 Å². The summed E-state index contributed by atoms with van der Waals surface area (Å²) < 4.78 is 0. The summed E-state index contributed by atoms with van der Waals surface area (Å²) in [7, 11) is 0. The average molecular weight is 379 g/mol. The summed E-state index contributed by atoms with van der Waals surface area (Å²) in [6, 6.07) is 0. The maximum atomic E-state index is 5.74. The number of guanidine groups is 3. The second-order valence-corrected chi connectivity index (χ2v) is 6.36. The molecule has 0 amide bonds. The largest absolute Gasteiger partial charge is 0.434 e. The van der Waals surface area contributed by atoms with Crippen molar-refractivity contribution in [2.75, 3.05) is 0 Å². The van der Waals surface area contributed by atoms with Crippen LogP contribution >= 0.6 is 0 Å². The van der Waals surface area contributed by atoms with E-state index < -0.39 is 0 Å². The van der Waals surface area contributed by atoms with Crippen LogP contribution < -0.4 is 44.4 Å². The number of nitrogens with zero attached hydrogens (tertiary/aromatic N) is 1. The first kappa shape index (κ1) is 22.2. The van der Waals surface area contributed by atoms with E-state index in [9.17, 15) is 0 Å². The Morgan fingerprint density at radius 2 is 1.19 bits per heavy atom. The fourth-order valence-electron chi connectivity index (χ4n) is 3.55. The zero-order chi connectivity index (χ0) is 20.6. The van der Waals surface area contributed by atoms with Crippen molar-refractivity contribution in [3.63, 3.8) is 0 Å². The first-order valence-electron chi connectivity index (χ1n) is 9.29. The van der Waals surface area contributed by atoms with Gasteiger partial charge < -0.3 is 11.5 Å². The average Bonchev–Trinajstić information content (AvgIpc) is 2.61. The van der Waals surface area contributed by atoms with Gasteiger partial charge >= 0.3 is 11.9 Å². The lowest BCUT2D eigenvalue weighted by molar-refractivity contribution is -0.519. The van der Waals surface area contributed by atoms with Gasteiger partial charge in [0.15, 0.2) is 5.96 Å². The van der Waals surface area contributed by atoms with Gasteiger partial charge in [0.25, 0.3) is 0 Å². The van der Waals surface area contributed by atoms with E-state index in [0.29, 0.717) is 25.6 Å². The number of nitrogens with one attached hydrogen (secondary N) is 2. The molecule has 0 spiro atoms. The molecule has 0 aromatic heterocycles. The van der Waals surface area contributed by atoms with Crippen LogP contribution in [0.5, 0.6) is 0 Å². The van der Waals surface area contributed by atoms with Crippen LogP contribution in [0.15, 0.2) is 4.99 Å². The zero-order valence-electron chi connectivity index (χ0n) is 16.8. The van der Waals surface area contributed by atoms with E-state index in [-0.39, 0.29) is 11.9 Å². The van der Waals surface area contributed by atoms with Crippen molar-refractivity contribution >= 4 is 17.9 Å². The van der Waals surface area contributed by atoms with Crippen molar-refractivity contribution in [1.82, 2.24) is 0 Å². The van der Waals surface area contributed by atoms with Gasteiger partial charge in [-0.25, -0.2) is 15.7 Å². The monoisotopic (exact) mass is 378 g/mol. The summed E-state index contributed by atoms with van der Waals surface area (Å²) >= 11 is 0. The summed E-state index contributed by atoms with van der Waals surface area (Å²) in [6.45, 7) is 7.98. The van der Waals surface area contributed by atoms with Gasteiger partial charge in [0.2, 0.25) is 0 Å². The number of nitrogens with two attached hydrogens (primary N) is 5. The minimum Gasteiger partial charge on any atom is -0.370 e. The Bertz CT molecular complexity index is 615. The molecule has 0 aliphatic carbocycles. The number of benzene rings is 1. The number of aliphatic imine (C=N–C) groups is 1. The lowest BCUT2D eigenvalue weighted by Crippen LogP contribution is -2.87. The minimum atomic E-state index is 0.0768. The molecule has 1 aromatic rings. The van der Waals surface area contributed by atoms with Crippen LogP contribution in [-0.4, -0.2) is 17.9 Å². The molecule has 0 heterocycles. The molecule has 0 saturated heterocycles. The Morgan fingerprint density at radius 3 is 1.56 bits per heavy atom. The fraction of sp³-hybridized carbons (Fsp3) is 0.500. The Balaban J connectivity index is 3.84. The van der Waals surface area contributed by atoms with Gasteiger partial charge in [0.1, 0.15) is 6.54 Å². The molecule has 150 valence electrons. The van der Waals surface area contributed by atoms with Gasteiger partial charge in [-0.05, 0) is 47.1 Å². The SMILES string of the molecule is CCc1c(CN=C(N)N)c(CC)c(C[NH+]=C(N)[NH3+])c(CC)c1C[NH+]=C(N)N. The summed E-state index contributed by atoms with van der Waals surface area (Å²) in [5.41, 5.74) is 39.2. The summed E-state index contributed by atoms with van der Waals surface area (Å²) in [4.78, 5) is 10.5. The molecule has 0 aliphatic heterocycles. The maximum absolute atomic E-state index is 5.74. The van der Waals surface area contributed by atoms with Crippen LogP contribution in [0, 0.1) is 0 Å². The summed E-state index contributed by atoms with van der Waals surface area (Å²) in [6.07, 6.45) is 2.59. The third-order valence-corrected chi connectivity index (χ3v) is 4.63. The number of rotatable bonds is 9. The molecule has 27 heavy (non-hydrogen) atoms. The molecule has 0 atom stereocenters. The molecule has 9 heteroatoms. The normalized spacial score (nSPS) is 11.3. The number of hydrogen-bond donors (Lipinski definition) is 8. The smallest absolute Gasteiger partial charge is 0.370 e. The molecule has 0 fully saturated rings. The van der Waals surface area contributed by atoms with Crippen molar-refractivity contribution in [2.24, 2.45) is 33.7 Å². The van der Waals surface area contributed by atoms with Crippen molar-refractivity contribution < 1.29 is 15.7 Å².